The van der Waals surface area contributed by atoms with Crippen molar-refractivity contribution in [2.24, 2.45) is 0 Å². The van der Waals surface area contributed by atoms with E-state index in [4.69, 9.17) is 4.52 Å². The van der Waals surface area contributed by atoms with Crippen LogP contribution in [0.4, 0.5) is 11.4 Å². The molecule has 0 saturated heterocycles. The fourth-order valence-corrected chi connectivity index (χ4v) is 4.27. The van der Waals surface area contributed by atoms with Gasteiger partial charge in [0.1, 0.15) is 5.76 Å². The van der Waals surface area contributed by atoms with E-state index in [9.17, 15) is 4.79 Å². The maximum atomic E-state index is 12.3. The second kappa shape index (κ2) is 7.15. The SMILES string of the molecule is CC(=O)N1c2ccc(-c3c(C)noc3C)cc2C(Nc2ccccc2)CC1C. The van der Waals surface area contributed by atoms with Gasteiger partial charge in [0.15, 0.2) is 0 Å². The van der Waals surface area contributed by atoms with Crippen molar-refractivity contribution in [1.29, 1.82) is 0 Å². The lowest BCUT2D eigenvalue weighted by Crippen LogP contribution is -2.43. The fourth-order valence-electron chi connectivity index (χ4n) is 4.27. The molecule has 1 aromatic heterocycles. The van der Waals surface area contributed by atoms with Gasteiger partial charge in [0.05, 0.1) is 11.7 Å². The monoisotopic (exact) mass is 375 g/mol. The van der Waals surface area contributed by atoms with E-state index in [2.05, 4.69) is 41.7 Å². The lowest BCUT2D eigenvalue weighted by atomic mass is 9.88. The molecule has 2 atom stereocenters. The minimum Gasteiger partial charge on any atom is -0.378 e. The van der Waals surface area contributed by atoms with Crippen molar-refractivity contribution in [2.45, 2.75) is 46.2 Å². The molecule has 2 aromatic carbocycles. The maximum absolute atomic E-state index is 12.3. The van der Waals surface area contributed by atoms with Crippen LogP contribution < -0.4 is 10.2 Å². The quantitative estimate of drug-likeness (QED) is 0.679. The van der Waals surface area contributed by atoms with Crippen LogP contribution in [0.1, 0.15) is 43.3 Å². The predicted molar refractivity (Wildman–Crippen MR) is 111 cm³/mol. The van der Waals surface area contributed by atoms with E-state index in [-0.39, 0.29) is 18.0 Å². The van der Waals surface area contributed by atoms with Gasteiger partial charge in [-0.05, 0) is 62.6 Å². The third-order valence-corrected chi connectivity index (χ3v) is 5.46. The highest BCUT2D eigenvalue weighted by Gasteiger charge is 2.33. The Labute approximate surface area is 165 Å². The summed E-state index contributed by atoms with van der Waals surface area (Å²) in [5.74, 6) is 0.870. The smallest absolute Gasteiger partial charge is 0.224 e. The van der Waals surface area contributed by atoms with Gasteiger partial charge in [0.2, 0.25) is 5.91 Å². The van der Waals surface area contributed by atoms with E-state index in [1.54, 1.807) is 6.92 Å². The number of rotatable bonds is 3. The van der Waals surface area contributed by atoms with Crippen LogP contribution in [0, 0.1) is 13.8 Å². The number of anilines is 2. The molecule has 0 saturated carbocycles. The molecule has 2 unspecified atom stereocenters. The number of aromatic nitrogens is 1. The Balaban J connectivity index is 1.82. The summed E-state index contributed by atoms with van der Waals surface area (Å²) in [6, 6.07) is 16.7. The molecule has 0 radical (unpaired) electrons. The van der Waals surface area contributed by atoms with Gasteiger partial charge in [-0.25, -0.2) is 0 Å². The predicted octanol–water partition coefficient (Wildman–Crippen LogP) is 5.26. The van der Waals surface area contributed by atoms with Crippen molar-refractivity contribution in [2.75, 3.05) is 10.2 Å². The Morgan fingerprint density at radius 3 is 2.57 bits per heavy atom. The van der Waals surface area contributed by atoms with Crippen LogP contribution >= 0.6 is 0 Å². The number of carbonyl (C=O) groups excluding carboxylic acids is 1. The van der Waals surface area contributed by atoms with Crippen molar-refractivity contribution in [3.05, 3.63) is 65.5 Å². The van der Waals surface area contributed by atoms with E-state index < -0.39 is 0 Å². The minimum atomic E-state index is 0.0667. The molecule has 5 heteroatoms. The van der Waals surface area contributed by atoms with Gasteiger partial charge >= 0.3 is 0 Å². The number of carbonyl (C=O) groups is 1. The molecule has 1 aliphatic heterocycles. The number of hydrogen-bond donors (Lipinski definition) is 1. The molecule has 1 amide bonds. The Bertz CT molecular complexity index is 990. The molecular weight excluding hydrogens is 350 g/mol. The molecule has 28 heavy (non-hydrogen) atoms. The summed E-state index contributed by atoms with van der Waals surface area (Å²) in [4.78, 5) is 14.2. The number of benzene rings is 2. The maximum Gasteiger partial charge on any atom is 0.224 e. The first kappa shape index (κ1) is 18.3. The highest BCUT2D eigenvalue weighted by atomic mass is 16.5. The number of nitrogens with zero attached hydrogens (tertiary/aromatic N) is 2. The van der Waals surface area contributed by atoms with Crippen LogP contribution in [0.5, 0.6) is 0 Å². The summed E-state index contributed by atoms with van der Waals surface area (Å²) in [5.41, 5.74) is 6.12. The molecular formula is C23H25N3O2. The molecule has 1 N–H and O–H groups in total. The van der Waals surface area contributed by atoms with Crippen LogP contribution in [0.2, 0.25) is 0 Å². The van der Waals surface area contributed by atoms with Crippen LogP contribution in [-0.2, 0) is 4.79 Å². The Morgan fingerprint density at radius 2 is 1.93 bits per heavy atom. The van der Waals surface area contributed by atoms with Crippen LogP contribution in [0.25, 0.3) is 11.1 Å². The molecule has 0 bridgehead atoms. The number of para-hydroxylation sites is 1. The molecule has 0 spiro atoms. The van der Waals surface area contributed by atoms with E-state index in [0.717, 1.165) is 45.9 Å². The molecule has 0 aliphatic carbocycles. The zero-order valence-corrected chi connectivity index (χ0v) is 16.7. The van der Waals surface area contributed by atoms with Gasteiger partial charge in [0.25, 0.3) is 0 Å². The lowest BCUT2D eigenvalue weighted by Gasteiger charge is -2.39. The van der Waals surface area contributed by atoms with Crippen LogP contribution in [0.3, 0.4) is 0 Å². The summed E-state index contributed by atoms with van der Waals surface area (Å²) in [5, 5.41) is 7.74. The zero-order chi connectivity index (χ0) is 19.8. The van der Waals surface area contributed by atoms with Gasteiger partial charge in [-0.3, -0.25) is 4.79 Å². The minimum absolute atomic E-state index is 0.0667. The summed E-state index contributed by atoms with van der Waals surface area (Å²) in [6.45, 7) is 7.62. The summed E-state index contributed by atoms with van der Waals surface area (Å²) < 4.78 is 5.36. The van der Waals surface area contributed by atoms with Crippen molar-refractivity contribution < 1.29 is 9.32 Å². The zero-order valence-electron chi connectivity index (χ0n) is 16.7. The van der Waals surface area contributed by atoms with E-state index in [1.165, 1.54) is 0 Å². The van der Waals surface area contributed by atoms with E-state index >= 15 is 0 Å². The topological polar surface area (TPSA) is 58.4 Å². The van der Waals surface area contributed by atoms with Crippen molar-refractivity contribution in [3.8, 4) is 11.1 Å². The Morgan fingerprint density at radius 1 is 1.18 bits per heavy atom. The first-order valence-electron chi connectivity index (χ1n) is 9.64. The molecule has 5 nitrogen and oxygen atoms in total. The Kier molecular flexibility index (Phi) is 4.67. The summed E-state index contributed by atoms with van der Waals surface area (Å²) >= 11 is 0. The highest BCUT2D eigenvalue weighted by Crippen LogP contribution is 2.41. The van der Waals surface area contributed by atoms with Crippen molar-refractivity contribution in [3.63, 3.8) is 0 Å². The molecule has 0 fully saturated rings. The third-order valence-electron chi connectivity index (χ3n) is 5.46. The summed E-state index contributed by atoms with van der Waals surface area (Å²) in [6.07, 6.45) is 0.840. The highest BCUT2D eigenvalue weighted by molar-refractivity contribution is 5.94. The first-order valence-corrected chi connectivity index (χ1v) is 9.64. The van der Waals surface area contributed by atoms with Crippen LogP contribution in [0.15, 0.2) is 53.1 Å². The number of amides is 1. The molecule has 2 heterocycles. The summed E-state index contributed by atoms with van der Waals surface area (Å²) in [7, 11) is 0. The van der Waals surface area contributed by atoms with Gasteiger partial charge < -0.3 is 14.7 Å². The number of hydrogen-bond acceptors (Lipinski definition) is 4. The number of aryl methyl sites for hydroxylation is 2. The number of fused-ring (bicyclic) bond motifs is 1. The van der Waals surface area contributed by atoms with Crippen molar-refractivity contribution >= 4 is 17.3 Å². The first-order chi connectivity index (χ1) is 13.5. The van der Waals surface area contributed by atoms with Gasteiger partial charge in [-0.2, -0.15) is 0 Å². The molecule has 3 aromatic rings. The van der Waals surface area contributed by atoms with E-state index in [1.807, 2.05) is 43.0 Å². The normalized spacial score (nSPS) is 18.6. The van der Waals surface area contributed by atoms with Crippen molar-refractivity contribution in [1.82, 2.24) is 5.16 Å². The third kappa shape index (κ3) is 3.17. The van der Waals surface area contributed by atoms with E-state index in [0.29, 0.717) is 0 Å². The van der Waals surface area contributed by atoms with Gasteiger partial charge in [-0.15, -0.1) is 0 Å². The number of nitrogens with one attached hydrogen (secondary N) is 1. The average molecular weight is 375 g/mol. The second-order valence-corrected chi connectivity index (χ2v) is 7.51. The van der Waals surface area contributed by atoms with Crippen LogP contribution in [-0.4, -0.2) is 17.1 Å². The van der Waals surface area contributed by atoms with Gasteiger partial charge in [0, 0.05) is 29.9 Å². The Hall–Kier alpha value is -3.08. The van der Waals surface area contributed by atoms with Gasteiger partial charge in [-0.1, -0.05) is 29.4 Å². The second-order valence-electron chi connectivity index (χ2n) is 7.51. The average Bonchev–Trinajstić information content (AvgIpc) is 3.00. The standard InChI is InChI=1S/C23H25N3O2/c1-14-12-21(24-19-8-6-5-7-9-19)20-13-18(23-15(2)25-28-16(23)3)10-11-22(20)26(14)17(4)27/h5-11,13-14,21,24H,12H2,1-4H3. The molecule has 4 rings (SSSR count). The largest absolute Gasteiger partial charge is 0.378 e. The molecule has 144 valence electrons. The fraction of sp³-hybridized carbons (Fsp3) is 0.304. The molecule has 1 aliphatic rings. The lowest BCUT2D eigenvalue weighted by molar-refractivity contribution is -0.117.